The number of rotatable bonds is 5. The second-order valence-corrected chi connectivity index (χ2v) is 7.45. The van der Waals surface area contributed by atoms with E-state index >= 15 is 0 Å². The van der Waals surface area contributed by atoms with Crippen LogP contribution in [-0.2, 0) is 13.6 Å². The monoisotopic (exact) mass is 362 g/mol. The van der Waals surface area contributed by atoms with Crippen LogP contribution in [0.1, 0.15) is 28.8 Å². The first-order valence-corrected chi connectivity index (χ1v) is 9.59. The Morgan fingerprint density at radius 2 is 2.04 bits per heavy atom. The van der Waals surface area contributed by atoms with Crippen LogP contribution >= 0.6 is 0 Å². The third kappa shape index (κ3) is 3.62. The van der Waals surface area contributed by atoms with Gasteiger partial charge < -0.3 is 9.30 Å². The van der Waals surface area contributed by atoms with Gasteiger partial charge in [-0.1, -0.05) is 30.3 Å². The topological polar surface area (TPSA) is 34.5 Å². The maximum Gasteiger partial charge on any atom is 0.167 e. The lowest BCUT2D eigenvalue weighted by atomic mass is 9.89. The molecule has 0 amide bonds. The number of aryl methyl sites for hydroxylation is 1. The highest BCUT2D eigenvalue weighted by atomic mass is 16.5. The van der Waals surface area contributed by atoms with E-state index in [1.807, 2.05) is 24.3 Å². The fourth-order valence-electron chi connectivity index (χ4n) is 4.22. The number of hydrogen-bond acceptors (Lipinski definition) is 3. The van der Waals surface area contributed by atoms with Crippen molar-refractivity contribution in [3.05, 3.63) is 65.9 Å². The molecule has 0 N–H and O–H groups in total. The summed E-state index contributed by atoms with van der Waals surface area (Å²) in [6.07, 6.45) is 4.24. The number of likely N-dealkylation sites (tertiary alicyclic amines) is 1. The van der Waals surface area contributed by atoms with Crippen molar-refractivity contribution in [1.82, 2.24) is 9.47 Å². The summed E-state index contributed by atoms with van der Waals surface area (Å²) >= 11 is 0. The molecule has 1 atom stereocenters. The number of benzene rings is 2. The molecule has 0 spiro atoms. The van der Waals surface area contributed by atoms with E-state index in [1.54, 1.807) is 7.11 Å². The SMILES string of the molecule is COc1cccc(C(=O)[C@@H]2CCCN(Cc3cn(C)c4ccccc34)C2)c1. The lowest BCUT2D eigenvalue weighted by Crippen LogP contribution is -2.38. The summed E-state index contributed by atoms with van der Waals surface area (Å²) in [6.45, 7) is 2.76. The zero-order chi connectivity index (χ0) is 18.8. The van der Waals surface area contributed by atoms with Crippen LogP contribution in [0.15, 0.2) is 54.7 Å². The van der Waals surface area contributed by atoms with E-state index in [1.165, 1.54) is 16.5 Å². The van der Waals surface area contributed by atoms with Crippen LogP contribution in [0.3, 0.4) is 0 Å². The van der Waals surface area contributed by atoms with Gasteiger partial charge in [0.2, 0.25) is 0 Å². The van der Waals surface area contributed by atoms with E-state index in [2.05, 4.69) is 47.0 Å². The van der Waals surface area contributed by atoms with Crippen LogP contribution in [0.5, 0.6) is 5.75 Å². The molecule has 1 fully saturated rings. The summed E-state index contributed by atoms with van der Waals surface area (Å²) in [5, 5.41) is 1.31. The third-order valence-electron chi connectivity index (χ3n) is 5.60. The molecule has 4 rings (SSSR count). The van der Waals surface area contributed by atoms with Gasteiger partial charge in [0, 0.05) is 48.7 Å². The van der Waals surface area contributed by atoms with Crippen LogP contribution in [0.2, 0.25) is 0 Å². The Balaban J connectivity index is 1.50. The van der Waals surface area contributed by atoms with Crippen molar-refractivity contribution in [1.29, 1.82) is 0 Å². The lowest BCUT2D eigenvalue weighted by molar-refractivity contribution is 0.0811. The largest absolute Gasteiger partial charge is 0.497 e. The van der Waals surface area contributed by atoms with Crippen molar-refractivity contribution in [2.75, 3.05) is 20.2 Å². The molecule has 0 aliphatic carbocycles. The summed E-state index contributed by atoms with van der Waals surface area (Å²) in [5.41, 5.74) is 3.35. The maximum absolute atomic E-state index is 13.0. The van der Waals surface area contributed by atoms with Crippen LogP contribution in [0.4, 0.5) is 0 Å². The van der Waals surface area contributed by atoms with E-state index in [4.69, 9.17) is 4.74 Å². The molecule has 0 unspecified atom stereocenters. The molecular weight excluding hydrogens is 336 g/mol. The highest BCUT2D eigenvalue weighted by molar-refractivity contribution is 5.98. The quantitative estimate of drug-likeness (QED) is 0.635. The smallest absolute Gasteiger partial charge is 0.167 e. The zero-order valence-corrected chi connectivity index (χ0v) is 16.0. The van der Waals surface area contributed by atoms with Crippen LogP contribution in [0.25, 0.3) is 10.9 Å². The predicted molar refractivity (Wildman–Crippen MR) is 108 cm³/mol. The molecule has 3 aromatic rings. The van der Waals surface area contributed by atoms with Crippen molar-refractivity contribution in [3.8, 4) is 5.75 Å². The molecule has 1 aliphatic rings. The Morgan fingerprint density at radius 3 is 2.89 bits per heavy atom. The number of nitrogens with zero attached hydrogens (tertiary/aromatic N) is 2. The van der Waals surface area contributed by atoms with Crippen LogP contribution < -0.4 is 4.74 Å². The van der Waals surface area contributed by atoms with E-state index in [0.29, 0.717) is 0 Å². The minimum absolute atomic E-state index is 0.0563. The number of fused-ring (bicyclic) bond motifs is 1. The number of hydrogen-bond donors (Lipinski definition) is 0. The van der Waals surface area contributed by atoms with Crippen molar-refractivity contribution < 1.29 is 9.53 Å². The molecule has 1 aromatic heterocycles. The van der Waals surface area contributed by atoms with Gasteiger partial charge in [0.05, 0.1) is 7.11 Å². The predicted octanol–water partition coefficient (Wildman–Crippen LogP) is 4.28. The average Bonchev–Trinajstić information content (AvgIpc) is 3.03. The Morgan fingerprint density at radius 1 is 1.19 bits per heavy atom. The molecule has 0 saturated carbocycles. The number of piperidine rings is 1. The molecule has 140 valence electrons. The van der Waals surface area contributed by atoms with Gasteiger partial charge in [-0.3, -0.25) is 9.69 Å². The van der Waals surface area contributed by atoms with Crippen molar-refractivity contribution in [2.45, 2.75) is 19.4 Å². The summed E-state index contributed by atoms with van der Waals surface area (Å²) in [5.74, 6) is 1.03. The minimum atomic E-state index is 0.0563. The molecule has 0 radical (unpaired) electrons. The summed E-state index contributed by atoms with van der Waals surface area (Å²) in [7, 11) is 3.73. The first-order chi connectivity index (χ1) is 13.2. The van der Waals surface area contributed by atoms with Gasteiger partial charge in [0.15, 0.2) is 5.78 Å². The molecule has 1 saturated heterocycles. The van der Waals surface area contributed by atoms with E-state index < -0.39 is 0 Å². The van der Waals surface area contributed by atoms with E-state index in [9.17, 15) is 4.79 Å². The Labute approximate surface area is 160 Å². The molecule has 0 bridgehead atoms. The first-order valence-electron chi connectivity index (χ1n) is 9.59. The van der Waals surface area contributed by atoms with Gasteiger partial charge in [0.25, 0.3) is 0 Å². The third-order valence-corrected chi connectivity index (χ3v) is 5.60. The second kappa shape index (κ2) is 7.57. The maximum atomic E-state index is 13.0. The number of para-hydroxylation sites is 1. The fraction of sp³-hybridized carbons (Fsp3) is 0.348. The van der Waals surface area contributed by atoms with Gasteiger partial charge in [-0.25, -0.2) is 0 Å². The van der Waals surface area contributed by atoms with Crippen molar-refractivity contribution >= 4 is 16.7 Å². The van der Waals surface area contributed by atoms with Crippen molar-refractivity contribution in [3.63, 3.8) is 0 Å². The lowest BCUT2D eigenvalue weighted by Gasteiger charge is -2.32. The van der Waals surface area contributed by atoms with Crippen LogP contribution in [-0.4, -0.2) is 35.4 Å². The molecule has 4 nitrogen and oxygen atoms in total. The minimum Gasteiger partial charge on any atom is -0.497 e. The number of ether oxygens (including phenoxy) is 1. The first kappa shape index (κ1) is 17.8. The number of methoxy groups -OCH3 is 1. The molecule has 2 heterocycles. The average molecular weight is 362 g/mol. The number of Topliss-reactive ketones (excluding diaryl/α,β-unsaturated/α-hetero) is 1. The Bertz CT molecular complexity index is 960. The van der Waals surface area contributed by atoms with E-state index in [0.717, 1.165) is 43.8 Å². The number of aromatic nitrogens is 1. The zero-order valence-electron chi connectivity index (χ0n) is 16.0. The highest BCUT2D eigenvalue weighted by Crippen LogP contribution is 2.26. The van der Waals surface area contributed by atoms with Gasteiger partial charge in [-0.15, -0.1) is 0 Å². The summed E-state index contributed by atoms with van der Waals surface area (Å²) in [4.78, 5) is 15.4. The molecule has 27 heavy (non-hydrogen) atoms. The molecule has 1 aliphatic heterocycles. The fourth-order valence-corrected chi connectivity index (χ4v) is 4.22. The van der Waals surface area contributed by atoms with Gasteiger partial charge in [-0.05, 0) is 43.1 Å². The highest BCUT2D eigenvalue weighted by Gasteiger charge is 2.27. The summed E-state index contributed by atoms with van der Waals surface area (Å²) < 4.78 is 7.46. The Kier molecular flexibility index (Phi) is 4.99. The normalized spacial score (nSPS) is 17.9. The number of carbonyl (C=O) groups excluding carboxylic acids is 1. The van der Waals surface area contributed by atoms with Crippen LogP contribution in [0, 0.1) is 5.92 Å². The van der Waals surface area contributed by atoms with Crippen molar-refractivity contribution in [2.24, 2.45) is 13.0 Å². The van der Waals surface area contributed by atoms with Gasteiger partial charge >= 0.3 is 0 Å². The summed E-state index contributed by atoms with van der Waals surface area (Å²) in [6, 6.07) is 16.0. The van der Waals surface area contributed by atoms with E-state index in [-0.39, 0.29) is 11.7 Å². The standard InChI is InChI=1S/C23H26N2O2/c1-24-14-19(21-10-3-4-11-22(21)24)16-25-12-6-8-18(15-25)23(26)17-7-5-9-20(13-17)27-2/h3-5,7,9-11,13-14,18H,6,8,12,15-16H2,1-2H3/t18-/m1/s1. The van der Waals surface area contributed by atoms with Gasteiger partial charge in [-0.2, -0.15) is 0 Å². The Hall–Kier alpha value is -2.59. The number of ketones is 1. The molecule has 4 heteroatoms. The van der Waals surface area contributed by atoms with Gasteiger partial charge in [0.1, 0.15) is 5.75 Å². The number of carbonyl (C=O) groups is 1. The molecule has 2 aromatic carbocycles. The second-order valence-electron chi connectivity index (χ2n) is 7.45. The molecular formula is C23H26N2O2.